The van der Waals surface area contributed by atoms with Gasteiger partial charge in [0.15, 0.2) is 0 Å². The van der Waals surface area contributed by atoms with Gasteiger partial charge in [-0.1, -0.05) is 12.1 Å². The maximum absolute atomic E-state index is 11.4. The van der Waals surface area contributed by atoms with Crippen LogP contribution in [-0.4, -0.2) is 30.3 Å². The van der Waals surface area contributed by atoms with E-state index in [0.717, 1.165) is 11.3 Å². The summed E-state index contributed by atoms with van der Waals surface area (Å²) in [5, 5.41) is 4.04. The van der Waals surface area contributed by atoms with E-state index in [0.29, 0.717) is 11.5 Å². The molecule has 0 fully saturated rings. The number of rotatable bonds is 4. The highest BCUT2D eigenvalue weighted by Gasteiger charge is 1.96. The number of H-pyrrole nitrogens is 1. The predicted molar refractivity (Wildman–Crippen MR) is 81.6 cm³/mol. The minimum atomic E-state index is -0.173. The number of hydrazone groups is 1. The highest BCUT2D eigenvalue weighted by atomic mass is 16.1. The van der Waals surface area contributed by atoms with Crippen molar-refractivity contribution in [2.75, 3.05) is 24.4 Å². The number of aromatic amines is 1. The zero-order valence-electron chi connectivity index (χ0n) is 11.7. The number of aromatic nitrogens is 2. The van der Waals surface area contributed by atoms with E-state index in [4.69, 9.17) is 0 Å². The molecule has 0 radical (unpaired) electrons. The molecule has 0 aliphatic heterocycles. The van der Waals surface area contributed by atoms with E-state index in [2.05, 4.69) is 20.5 Å². The summed E-state index contributed by atoms with van der Waals surface area (Å²) in [5.74, 6) is 0.321. The number of aryl methyl sites for hydroxylation is 1. The molecular weight excluding hydrogens is 254 g/mol. The van der Waals surface area contributed by atoms with Gasteiger partial charge in [0.25, 0.3) is 5.56 Å². The van der Waals surface area contributed by atoms with Crippen molar-refractivity contribution in [3.05, 3.63) is 51.9 Å². The minimum Gasteiger partial charge on any atom is -0.378 e. The zero-order valence-corrected chi connectivity index (χ0v) is 11.7. The molecule has 1 aromatic heterocycles. The summed E-state index contributed by atoms with van der Waals surface area (Å²) in [6.07, 6.45) is 3.17. The van der Waals surface area contributed by atoms with Crippen LogP contribution < -0.4 is 15.9 Å². The minimum absolute atomic E-state index is 0.173. The first-order valence-electron chi connectivity index (χ1n) is 6.18. The molecule has 2 rings (SSSR count). The number of hydrogen-bond donors (Lipinski definition) is 2. The van der Waals surface area contributed by atoms with Crippen molar-refractivity contribution in [1.82, 2.24) is 9.97 Å². The molecule has 0 saturated carbocycles. The Hall–Kier alpha value is -2.63. The molecule has 0 amide bonds. The molecule has 2 N–H and O–H groups in total. The van der Waals surface area contributed by atoms with Gasteiger partial charge in [-0.2, -0.15) is 5.10 Å². The van der Waals surface area contributed by atoms with Gasteiger partial charge in [-0.3, -0.25) is 9.78 Å². The largest absolute Gasteiger partial charge is 0.378 e. The van der Waals surface area contributed by atoms with Gasteiger partial charge in [0, 0.05) is 31.5 Å². The molecule has 0 atom stereocenters. The van der Waals surface area contributed by atoms with Gasteiger partial charge < -0.3 is 4.90 Å². The summed E-state index contributed by atoms with van der Waals surface area (Å²) < 4.78 is 0. The number of anilines is 2. The molecule has 20 heavy (non-hydrogen) atoms. The average Bonchev–Trinajstić information content (AvgIpc) is 2.43. The van der Waals surface area contributed by atoms with Crippen molar-refractivity contribution in [2.24, 2.45) is 5.10 Å². The molecule has 6 nitrogen and oxygen atoms in total. The summed E-state index contributed by atoms with van der Waals surface area (Å²) in [6.45, 7) is 1.70. The van der Waals surface area contributed by atoms with Gasteiger partial charge in [-0.15, -0.1) is 0 Å². The van der Waals surface area contributed by atoms with Crippen LogP contribution in [0.2, 0.25) is 0 Å². The topological polar surface area (TPSA) is 73.4 Å². The van der Waals surface area contributed by atoms with E-state index in [-0.39, 0.29) is 5.56 Å². The maximum Gasteiger partial charge on any atom is 0.255 e. The van der Waals surface area contributed by atoms with E-state index >= 15 is 0 Å². The normalized spacial score (nSPS) is 10.8. The van der Waals surface area contributed by atoms with Crippen LogP contribution in [0.5, 0.6) is 0 Å². The third-order valence-corrected chi connectivity index (χ3v) is 2.77. The Bertz CT molecular complexity index is 658. The Kier molecular flexibility index (Phi) is 4.14. The predicted octanol–water partition coefficient (Wildman–Crippen LogP) is 1.59. The van der Waals surface area contributed by atoms with E-state index in [1.165, 1.54) is 6.20 Å². The van der Waals surface area contributed by atoms with Crippen molar-refractivity contribution in [1.29, 1.82) is 0 Å². The van der Waals surface area contributed by atoms with Gasteiger partial charge in [0.1, 0.15) is 0 Å². The summed E-state index contributed by atoms with van der Waals surface area (Å²) in [5.41, 5.74) is 5.17. The van der Waals surface area contributed by atoms with Crippen molar-refractivity contribution < 1.29 is 0 Å². The Balaban J connectivity index is 2.02. The lowest BCUT2D eigenvalue weighted by atomic mass is 10.2. The molecule has 6 heteroatoms. The van der Waals surface area contributed by atoms with E-state index in [1.807, 2.05) is 43.3 Å². The smallest absolute Gasteiger partial charge is 0.255 e. The number of benzene rings is 1. The lowest BCUT2D eigenvalue weighted by molar-refractivity contribution is 1.05. The molecule has 0 bridgehead atoms. The van der Waals surface area contributed by atoms with Crippen molar-refractivity contribution >= 4 is 17.9 Å². The van der Waals surface area contributed by atoms with Crippen LogP contribution in [0.25, 0.3) is 0 Å². The Morgan fingerprint density at radius 1 is 1.30 bits per heavy atom. The van der Waals surface area contributed by atoms with Gasteiger partial charge in [-0.25, -0.2) is 10.4 Å². The fourth-order valence-corrected chi connectivity index (χ4v) is 1.54. The fourth-order valence-electron chi connectivity index (χ4n) is 1.54. The first kappa shape index (κ1) is 13.8. The molecule has 0 spiro atoms. The van der Waals surface area contributed by atoms with Crippen LogP contribution >= 0.6 is 0 Å². The van der Waals surface area contributed by atoms with Gasteiger partial charge in [-0.05, 0) is 24.6 Å². The molecule has 0 unspecified atom stereocenters. The van der Waals surface area contributed by atoms with E-state index in [1.54, 1.807) is 13.1 Å². The quantitative estimate of drug-likeness (QED) is 0.654. The first-order chi connectivity index (χ1) is 9.56. The molecule has 1 aromatic carbocycles. The highest BCUT2D eigenvalue weighted by Crippen LogP contribution is 2.10. The average molecular weight is 271 g/mol. The summed E-state index contributed by atoms with van der Waals surface area (Å²) in [7, 11) is 3.98. The summed E-state index contributed by atoms with van der Waals surface area (Å²) >= 11 is 0. The monoisotopic (exact) mass is 271 g/mol. The van der Waals surface area contributed by atoms with Crippen molar-refractivity contribution in [3.8, 4) is 0 Å². The highest BCUT2D eigenvalue weighted by molar-refractivity contribution is 5.80. The molecule has 0 saturated heterocycles. The lowest BCUT2D eigenvalue weighted by Gasteiger charge is -2.11. The second-order valence-corrected chi connectivity index (χ2v) is 4.60. The molecule has 2 aromatic rings. The summed E-state index contributed by atoms with van der Waals surface area (Å²) in [4.78, 5) is 20.0. The number of nitrogens with zero attached hydrogens (tertiary/aromatic N) is 3. The van der Waals surface area contributed by atoms with Crippen molar-refractivity contribution in [3.63, 3.8) is 0 Å². The van der Waals surface area contributed by atoms with Crippen LogP contribution in [0.1, 0.15) is 11.1 Å². The molecule has 104 valence electrons. The first-order valence-corrected chi connectivity index (χ1v) is 6.18. The second-order valence-electron chi connectivity index (χ2n) is 4.60. The Labute approximate surface area is 117 Å². The van der Waals surface area contributed by atoms with Gasteiger partial charge >= 0.3 is 0 Å². The van der Waals surface area contributed by atoms with Crippen LogP contribution in [0.3, 0.4) is 0 Å². The van der Waals surface area contributed by atoms with Crippen LogP contribution in [0.15, 0.2) is 40.4 Å². The molecule has 0 aliphatic rings. The van der Waals surface area contributed by atoms with Crippen molar-refractivity contribution in [2.45, 2.75) is 6.92 Å². The molecule has 0 aliphatic carbocycles. The van der Waals surface area contributed by atoms with Gasteiger partial charge in [0.05, 0.1) is 6.21 Å². The van der Waals surface area contributed by atoms with Crippen LogP contribution in [0, 0.1) is 6.92 Å². The Morgan fingerprint density at radius 3 is 2.60 bits per heavy atom. The van der Waals surface area contributed by atoms with E-state index < -0.39 is 0 Å². The summed E-state index contributed by atoms with van der Waals surface area (Å²) in [6, 6.07) is 7.94. The van der Waals surface area contributed by atoms with Gasteiger partial charge in [0.2, 0.25) is 5.95 Å². The third kappa shape index (κ3) is 3.44. The number of nitrogens with one attached hydrogen (secondary N) is 2. The Morgan fingerprint density at radius 2 is 2.00 bits per heavy atom. The maximum atomic E-state index is 11.4. The molecule has 1 heterocycles. The lowest BCUT2D eigenvalue weighted by Crippen LogP contribution is -2.12. The van der Waals surface area contributed by atoms with Crippen LogP contribution in [-0.2, 0) is 0 Å². The van der Waals surface area contributed by atoms with E-state index in [9.17, 15) is 4.79 Å². The standard InChI is InChI=1S/C14H17N5O/c1-10-8-15-14(17-13(10)20)18-16-9-11-4-6-12(7-5-11)19(2)3/h4-9H,1-3H3,(H2,15,17,18,20). The fraction of sp³-hybridized carbons (Fsp3) is 0.214. The molecular formula is C14H17N5O. The zero-order chi connectivity index (χ0) is 14.5. The SMILES string of the molecule is Cc1cnc(NN=Cc2ccc(N(C)C)cc2)[nH]c1=O. The number of hydrogen-bond acceptors (Lipinski definition) is 5. The second kappa shape index (κ2) is 6.01. The third-order valence-electron chi connectivity index (χ3n) is 2.77. The van der Waals surface area contributed by atoms with Crippen LogP contribution in [0.4, 0.5) is 11.6 Å².